The molecule has 0 spiro atoms. The molecule has 3 aliphatic heterocycles. The van der Waals surface area contributed by atoms with E-state index in [4.69, 9.17) is 14.7 Å². The van der Waals surface area contributed by atoms with Crippen LogP contribution >= 0.6 is 0 Å². The van der Waals surface area contributed by atoms with E-state index in [1.54, 1.807) is 18.2 Å². The molecule has 2 aromatic carbocycles. The van der Waals surface area contributed by atoms with Gasteiger partial charge in [0.25, 0.3) is 11.8 Å². The zero-order valence-corrected chi connectivity index (χ0v) is 26.6. The van der Waals surface area contributed by atoms with Gasteiger partial charge in [-0.3, -0.25) is 39.1 Å². The first-order valence-corrected chi connectivity index (χ1v) is 16.9. The summed E-state index contributed by atoms with van der Waals surface area (Å²) in [6, 6.07) is 10.8. The molecular formula is C36H37N7O5. The number of para-hydroxylation sites is 1. The number of rotatable bonds is 9. The highest BCUT2D eigenvalue weighted by Crippen LogP contribution is 2.41. The van der Waals surface area contributed by atoms with Gasteiger partial charge in [-0.2, -0.15) is 5.10 Å². The fourth-order valence-corrected chi connectivity index (χ4v) is 7.57. The highest BCUT2D eigenvalue weighted by atomic mass is 16.5. The summed E-state index contributed by atoms with van der Waals surface area (Å²) in [6.45, 7) is 2.33. The van der Waals surface area contributed by atoms with Crippen molar-refractivity contribution in [3.63, 3.8) is 0 Å². The average molecular weight is 648 g/mol. The van der Waals surface area contributed by atoms with Crippen LogP contribution < -0.4 is 10.6 Å². The average Bonchev–Trinajstić information content (AvgIpc) is 3.66. The van der Waals surface area contributed by atoms with Crippen LogP contribution in [0.25, 0.3) is 22.3 Å². The third kappa shape index (κ3) is 5.63. The molecule has 4 aliphatic rings. The Morgan fingerprint density at radius 2 is 1.79 bits per heavy atom. The van der Waals surface area contributed by atoms with Crippen molar-refractivity contribution in [1.82, 2.24) is 30.0 Å². The minimum atomic E-state index is -0.964. The van der Waals surface area contributed by atoms with Crippen LogP contribution in [0.1, 0.15) is 89.6 Å². The molecule has 3 fully saturated rings. The molecule has 2 saturated heterocycles. The van der Waals surface area contributed by atoms with Crippen molar-refractivity contribution in [3.8, 4) is 11.3 Å². The quantitative estimate of drug-likeness (QED) is 0.196. The van der Waals surface area contributed by atoms with Crippen LogP contribution in [0, 0.1) is 5.92 Å². The third-order valence-corrected chi connectivity index (χ3v) is 10.3. The lowest BCUT2D eigenvalue weighted by atomic mass is 9.77. The Bertz CT molecular complexity index is 1930. The first-order chi connectivity index (χ1) is 23.4. The number of amides is 4. The molecule has 12 heteroatoms. The number of aromatic nitrogens is 4. The maximum Gasteiger partial charge on any atom is 0.262 e. The molecule has 8 rings (SSSR count). The van der Waals surface area contributed by atoms with Crippen LogP contribution in [0.3, 0.4) is 0 Å². The molecule has 1 aliphatic carbocycles. The van der Waals surface area contributed by atoms with E-state index >= 15 is 0 Å². The second-order valence-electron chi connectivity index (χ2n) is 13.3. The normalized spacial score (nSPS) is 22.9. The van der Waals surface area contributed by atoms with E-state index < -0.39 is 23.8 Å². The maximum absolute atomic E-state index is 13.1. The lowest BCUT2D eigenvalue weighted by Gasteiger charge is -2.35. The van der Waals surface area contributed by atoms with Gasteiger partial charge < -0.3 is 10.1 Å². The Labute approximate surface area is 277 Å². The Balaban J connectivity index is 0.820. The van der Waals surface area contributed by atoms with Crippen molar-refractivity contribution < 1.29 is 23.9 Å². The SMILES string of the molecule is O=C1CCC(N2C(=O)c3ccc(NCCCC4CC(n5cc(-c6cnc7c(C8CCOCC8)cccc7n6)cn5)C4)cc3C2=O)C(=O)N1. The third-order valence-electron chi connectivity index (χ3n) is 10.3. The minimum absolute atomic E-state index is 0.0972. The van der Waals surface area contributed by atoms with E-state index in [0.29, 0.717) is 17.9 Å². The molecule has 0 radical (unpaired) electrons. The van der Waals surface area contributed by atoms with E-state index in [2.05, 4.69) is 38.7 Å². The highest BCUT2D eigenvalue weighted by Gasteiger charge is 2.44. The number of hydrogen-bond donors (Lipinski definition) is 2. The topological polar surface area (TPSA) is 148 Å². The van der Waals surface area contributed by atoms with Crippen LogP contribution in [0.2, 0.25) is 0 Å². The van der Waals surface area contributed by atoms with Gasteiger partial charge in [0.2, 0.25) is 11.8 Å². The lowest BCUT2D eigenvalue weighted by Crippen LogP contribution is -2.54. The molecule has 48 heavy (non-hydrogen) atoms. The highest BCUT2D eigenvalue weighted by molar-refractivity contribution is 6.23. The van der Waals surface area contributed by atoms with Crippen LogP contribution in [0.4, 0.5) is 5.69 Å². The van der Waals surface area contributed by atoms with E-state index in [-0.39, 0.29) is 29.9 Å². The van der Waals surface area contributed by atoms with Crippen LogP contribution in [-0.2, 0) is 14.3 Å². The molecule has 5 heterocycles. The molecule has 2 N–H and O–H groups in total. The standard InChI is InChI=1S/C36H37N7O5/c44-32-9-8-31(34(45)41-32)43-35(46)27-7-6-24(17-28(27)36(43)47)37-12-2-3-21-15-25(16-21)42-20-23(18-39-42)30-19-38-33-26(4-1-5-29(33)40-30)22-10-13-48-14-11-22/h1,4-7,17-22,25,31,37H,2-3,8-16H2,(H,41,44,45). The number of nitrogens with one attached hydrogen (secondary N) is 2. The summed E-state index contributed by atoms with van der Waals surface area (Å²) in [7, 11) is 0. The molecule has 0 bridgehead atoms. The Morgan fingerprint density at radius 1 is 0.958 bits per heavy atom. The van der Waals surface area contributed by atoms with Crippen molar-refractivity contribution in [3.05, 3.63) is 71.7 Å². The van der Waals surface area contributed by atoms with Gasteiger partial charge in [-0.25, -0.2) is 4.98 Å². The Hall–Kier alpha value is -4.97. The number of ether oxygens (including phenoxy) is 1. The molecule has 4 amide bonds. The zero-order chi connectivity index (χ0) is 32.8. The van der Waals surface area contributed by atoms with Crippen LogP contribution in [-0.4, -0.2) is 74.1 Å². The minimum Gasteiger partial charge on any atom is -0.385 e. The smallest absolute Gasteiger partial charge is 0.262 e. The van der Waals surface area contributed by atoms with Gasteiger partial charge in [-0.05, 0) is 86.6 Å². The molecule has 246 valence electrons. The van der Waals surface area contributed by atoms with Gasteiger partial charge in [-0.1, -0.05) is 12.1 Å². The van der Waals surface area contributed by atoms with Crippen molar-refractivity contribution in [2.24, 2.45) is 5.92 Å². The molecule has 1 atom stereocenters. The number of carbonyl (C=O) groups is 4. The Kier molecular flexibility index (Phi) is 7.95. The lowest BCUT2D eigenvalue weighted by molar-refractivity contribution is -0.136. The van der Waals surface area contributed by atoms with Gasteiger partial charge in [0.15, 0.2) is 0 Å². The number of nitrogens with zero attached hydrogens (tertiary/aromatic N) is 5. The second-order valence-corrected chi connectivity index (χ2v) is 13.3. The predicted octanol–water partition coefficient (Wildman–Crippen LogP) is 4.63. The number of benzene rings is 2. The number of fused-ring (bicyclic) bond motifs is 2. The summed E-state index contributed by atoms with van der Waals surface area (Å²) in [5, 5.41) is 10.3. The fraction of sp³-hybridized carbons (Fsp3) is 0.417. The molecule has 4 aromatic rings. The first kappa shape index (κ1) is 30.4. The number of carbonyl (C=O) groups excluding carboxylic acids is 4. The molecular weight excluding hydrogens is 610 g/mol. The fourth-order valence-electron chi connectivity index (χ4n) is 7.57. The van der Waals surface area contributed by atoms with Gasteiger partial charge in [0.05, 0.1) is 46.3 Å². The monoisotopic (exact) mass is 647 g/mol. The molecule has 1 saturated carbocycles. The van der Waals surface area contributed by atoms with E-state index in [1.165, 1.54) is 5.56 Å². The van der Waals surface area contributed by atoms with E-state index in [0.717, 1.165) is 91.2 Å². The summed E-state index contributed by atoms with van der Waals surface area (Å²) < 4.78 is 7.62. The summed E-state index contributed by atoms with van der Waals surface area (Å²) in [5.74, 6) is -0.907. The Morgan fingerprint density at radius 3 is 2.62 bits per heavy atom. The second kappa shape index (κ2) is 12.6. The van der Waals surface area contributed by atoms with Crippen molar-refractivity contribution in [2.75, 3.05) is 25.1 Å². The number of anilines is 1. The summed E-state index contributed by atoms with van der Waals surface area (Å²) >= 11 is 0. The van der Waals surface area contributed by atoms with Crippen molar-refractivity contribution in [1.29, 1.82) is 0 Å². The van der Waals surface area contributed by atoms with Crippen molar-refractivity contribution in [2.45, 2.75) is 69.4 Å². The van der Waals surface area contributed by atoms with Gasteiger partial charge in [0.1, 0.15) is 6.04 Å². The number of imide groups is 2. The number of piperidine rings is 1. The van der Waals surface area contributed by atoms with Crippen LogP contribution in [0.5, 0.6) is 0 Å². The molecule has 1 unspecified atom stereocenters. The summed E-state index contributed by atoms with van der Waals surface area (Å²) in [4.78, 5) is 60.6. The van der Waals surface area contributed by atoms with Gasteiger partial charge >= 0.3 is 0 Å². The number of hydrogen-bond acceptors (Lipinski definition) is 9. The predicted molar refractivity (Wildman–Crippen MR) is 176 cm³/mol. The molecule has 12 nitrogen and oxygen atoms in total. The summed E-state index contributed by atoms with van der Waals surface area (Å²) in [5.41, 5.74) is 6.29. The first-order valence-electron chi connectivity index (χ1n) is 16.9. The van der Waals surface area contributed by atoms with Crippen molar-refractivity contribution >= 4 is 40.3 Å². The van der Waals surface area contributed by atoms with Gasteiger partial charge in [-0.15, -0.1) is 0 Å². The van der Waals surface area contributed by atoms with E-state index in [9.17, 15) is 19.2 Å². The zero-order valence-electron chi connectivity index (χ0n) is 26.6. The molecule has 2 aromatic heterocycles. The summed E-state index contributed by atoms with van der Waals surface area (Å²) in [6.07, 6.45) is 12.3. The largest absolute Gasteiger partial charge is 0.385 e. The van der Waals surface area contributed by atoms with Gasteiger partial charge in [0, 0.05) is 43.6 Å². The maximum atomic E-state index is 13.1. The van der Waals surface area contributed by atoms with E-state index in [1.807, 2.05) is 18.5 Å². The van der Waals surface area contributed by atoms with Crippen LogP contribution in [0.15, 0.2) is 55.0 Å².